The van der Waals surface area contributed by atoms with Gasteiger partial charge in [-0.3, -0.25) is 0 Å². The molecule has 0 radical (unpaired) electrons. The smallest absolute Gasteiger partial charge is 0.000177 e. The zero-order valence-corrected chi connectivity index (χ0v) is 21.2. The summed E-state index contributed by atoms with van der Waals surface area (Å²) in [6, 6.07) is 0. The monoisotopic (exact) mass is 434 g/mol. The van der Waals surface area contributed by atoms with Gasteiger partial charge in [0.2, 0.25) is 0 Å². The third-order valence-electron chi connectivity index (χ3n) is 7.20. The minimum atomic E-state index is 0.501. The van der Waals surface area contributed by atoms with Crippen LogP contribution in [0.5, 0.6) is 0 Å². The largest absolute Gasteiger partial charge is 0.0992 e. The molecule has 0 aromatic carbocycles. The van der Waals surface area contributed by atoms with Crippen LogP contribution >= 0.6 is 0 Å². The Morgan fingerprint density at radius 3 is 1.59 bits per heavy atom. The first kappa shape index (κ1) is 26.7. The Labute approximate surface area is 200 Å². The van der Waals surface area contributed by atoms with Gasteiger partial charge in [0, 0.05) is 5.92 Å². The molecule has 0 aliphatic heterocycles. The van der Waals surface area contributed by atoms with E-state index < -0.39 is 0 Å². The van der Waals surface area contributed by atoms with Crippen molar-refractivity contribution in [3.8, 4) is 0 Å². The van der Waals surface area contributed by atoms with Crippen LogP contribution in [0.25, 0.3) is 0 Å². The molecule has 0 unspecified atom stereocenters. The lowest BCUT2D eigenvalue weighted by molar-refractivity contribution is 0.515. The molecule has 2 aliphatic carbocycles. The molecule has 178 valence electrons. The first-order chi connectivity index (χ1) is 15.7. The zero-order valence-electron chi connectivity index (χ0n) is 21.2. The van der Waals surface area contributed by atoms with Crippen LogP contribution in [0.1, 0.15) is 122 Å². The van der Waals surface area contributed by atoms with Gasteiger partial charge < -0.3 is 0 Å². The fourth-order valence-electron chi connectivity index (χ4n) is 5.02. The summed E-state index contributed by atoms with van der Waals surface area (Å²) < 4.78 is 0. The fourth-order valence-corrected chi connectivity index (χ4v) is 5.02. The minimum absolute atomic E-state index is 0.501. The number of hydrogen-bond acceptors (Lipinski definition) is 0. The van der Waals surface area contributed by atoms with Crippen molar-refractivity contribution < 1.29 is 0 Å². The molecular weight excluding hydrogens is 384 g/mol. The third kappa shape index (κ3) is 11.3. The van der Waals surface area contributed by atoms with Gasteiger partial charge in [-0.25, -0.2) is 0 Å². The van der Waals surface area contributed by atoms with E-state index >= 15 is 0 Å². The number of allylic oxidation sites excluding steroid dienone is 10. The number of hydrogen-bond donors (Lipinski definition) is 0. The predicted molar refractivity (Wildman–Crippen MR) is 145 cm³/mol. The summed E-state index contributed by atoms with van der Waals surface area (Å²) in [5.41, 5.74) is 5.84. The molecule has 0 N–H and O–H groups in total. The van der Waals surface area contributed by atoms with E-state index in [1.54, 1.807) is 0 Å². The van der Waals surface area contributed by atoms with Crippen molar-refractivity contribution in [3.05, 3.63) is 71.9 Å². The molecule has 0 saturated heterocycles. The van der Waals surface area contributed by atoms with E-state index in [0.717, 1.165) is 25.7 Å². The molecule has 32 heavy (non-hydrogen) atoms. The topological polar surface area (TPSA) is 0 Å². The van der Waals surface area contributed by atoms with Crippen molar-refractivity contribution in [2.24, 2.45) is 5.92 Å². The molecule has 0 nitrogen and oxygen atoms in total. The van der Waals surface area contributed by atoms with Gasteiger partial charge in [0.05, 0.1) is 0 Å². The number of rotatable bonds is 18. The van der Waals surface area contributed by atoms with Crippen LogP contribution in [0.2, 0.25) is 0 Å². The molecule has 0 saturated carbocycles. The van der Waals surface area contributed by atoms with E-state index in [9.17, 15) is 0 Å². The van der Waals surface area contributed by atoms with Gasteiger partial charge in [0.1, 0.15) is 0 Å². The van der Waals surface area contributed by atoms with E-state index in [2.05, 4.69) is 56.5 Å². The highest BCUT2D eigenvalue weighted by atomic mass is 14.2. The maximum Gasteiger partial charge on any atom is 0.000177 e. The van der Waals surface area contributed by atoms with Crippen LogP contribution in [0.15, 0.2) is 71.9 Å². The average Bonchev–Trinajstić information content (AvgIpc) is 2.83. The van der Waals surface area contributed by atoms with Crippen LogP contribution in [-0.2, 0) is 0 Å². The fraction of sp³-hybridized carbons (Fsp3) is 0.625. The Hall–Kier alpha value is -1.56. The Balaban J connectivity index is 1.77. The van der Waals surface area contributed by atoms with Crippen molar-refractivity contribution in [1.82, 2.24) is 0 Å². The lowest BCUT2D eigenvalue weighted by Gasteiger charge is -2.23. The second kappa shape index (κ2) is 17.0. The second-order valence-electron chi connectivity index (χ2n) is 10.0. The van der Waals surface area contributed by atoms with Crippen LogP contribution in [0.3, 0.4) is 0 Å². The molecule has 0 aromatic rings. The average molecular weight is 435 g/mol. The van der Waals surface area contributed by atoms with Crippen LogP contribution in [-0.4, -0.2) is 0 Å². The third-order valence-corrected chi connectivity index (χ3v) is 7.20. The normalized spacial score (nSPS) is 15.7. The quantitative estimate of drug-likeness (QED) is 0.149. The maximum absolute atomic E-state index is 4.57. The molecule has 0 aromatic heterocycles. The Bertz CT molecular complexity index is 618. The van der Waals surface area contributed by atoms with Gasteiger partial charge in [-0.05, 0) is 57.8 Å². The molecule has 0 amide bonds. The molecule has 0 atom stereocenters. The van der Waals surface area contributed by atoms with Crippen molar-refractivity contribution in [2.75, 3.05) is 0 Å². The first-order valence-corrected chi connectivity index (χ1v) is 13.8. The van der Waals surface area contributed by atoms with Crippen molar-refractivity contribution in [1.29, 1.82) is 0 Å². The lowest BCUT2D eigenvalue weighted by Crippen LogP contribution is -2.08. The van der Waals surface area contributed by atoms with E-state index in [-0.39, 0.29) is 0 Å². The van der Waals surface area contributed by atoms with E-state index in [1.807, 2.05) is 0 Å². The molecule has 0 heterocycles. The Morgan fingerprint density at radius 1 is 0.688 bits per heavy atom. The predicted octanol–water partition coefficient (Wildman–Crippen LogP) is 10.7. The van der Waals surface area contributed by atoms with Gasteiger partial charge in [-0.15, -0.1) is 0 Å². The number of unbranched alkanes of at least 4 members (excludes halogenated alkanes) is 8. The van der Waals surface area contributed by atoms with Crippen LogP contribution in [0.4, 0.5) is 0 Å². The summed E-state index contributed by atoms with van der Waals surface area (Å²) in [4.78, 5) is 0. The van der Waals surface area contributed by atoms with Crippen molar-refractivity contribution in [2.45, 2.75) is 122 Å². The van der Waals surface area contributed by atoms with Crippen LogP contribution in [0, 0.1) is 5.92 Å². The molecule has 0 bridgehead atoms. The summed E-state index contributed by atoms with van der Waals surface area (Å²) in [6.07, 6.45) is 37.2. The highest BCUT2D eigenvalue weighted by Gasteiger charge is 2.17. The van der Waals surface area contributed by atoms with Crippen molar-refractivity contribution in [3.63, 3.8) is 0 Å². The summed E-state index contributed by atoms with van der Waals surface area (Å²) in [7, 11) is 0. The standard InChI is InChI=1S/C32H50/c1-4-5-6-7-8-9-10-11-18-23-32(28(2)24-26-30-19-14-12-15-20-30)29(3)25-27-31-21-16-13-17-22-31/h14,16,19-22,32H,2-13,15,17-18,23-27H2,1H3. The van der Waals surface area contributed by atoms with E-state index in [4.69, 9.17) is 0 Å². The van der Waals surface area contributed by atoms with Gasteiger partial charge in [0.25, 0.3) is 0 Å². The molecular formula is C32H50. The first-order valence-electron chi connectivity index (χ1n) is 13.8. The van der Waals surface area contributed by atoms with Gasteiger partial charge in [-0.2, -0.15) is 0 Å². The molecule has 0 heteroatoms. The lowest BCUT2D eigenvalue weighted by atomic mass is 9.82. The Morgan fingerprint density at radius 2 is 1.16 bits per heavy atom. The van der Waals surface area contributed by atoms with Crippen LogP contribution < -0.4 is 0 Å². The van der Waals surface area contributed by atoms with Gasteiger partial charge in [0.15, 0.2) is 0 Å². The Kier molecular flexibility index (Phi) is 14.2. The second-order valence-corrected chi connectivity index (χ2v) is 10.0. The highest BCUT2D eigenvalue weighted by Crippen LogP contribution is 2.33. The SMILES string of the molecule is C=C(CCC1=CCCC=C1)C(CCCCCCCCCCC)C(=C)CCC1=CCCC=C1. The van der Waals surface area contributed by atoms with E-state index in [1.165, 1.54) is 112 Å². The highest BCUT2D eigenvalue weighted by molar-refractivity contribution is 5.27. The summed E-state index contributed by atoms with van der Waals surface area (Å²) in [6.45, 7) is 11.4. The molecule has 0 fully saturated rings. The summed E-state index contributed by atoms with van der Waals surface area (Å²) in [5, 5.41) is 0. The van der Waals surface area contributed by atoms with Gasteiger partial charge >= 0.3 is 0 Å². The summed E-state index contributed by atoms with van der Waals surface area (Å²) >= 11 is 0. The molecule has 2 rings (SSSR count). The van der Waals surface area contributed by atoms with Gasteiger partial charge in [-0.1, -0.05) is 137 Å². The van der Waals surface area contributed by atoms with Crippen molar-refractivity contribution >= 4 is 0 Å². The molecule has 0 spiro atoms. The zero-order chi connectivity index (χ0) is 22.9. The minimum Gasteiger partial charge on any atom is -0.0992 e. The summed E-state index contributed by atoms with van der Waals surface area (Å²) in [5.74, 6) is 0.501. The molecule has 2 aliphatic rings. The van der Waals surface area contributed by atoms with E-state index in [0.29, 0.717) is 5.92 Å². The maximum atomic E-state index is 4.57.